The molecule has 2 aromatic rings. The molecule has 118 valence electrons. The third-order valence-electron chi connectivity index (χ3n) is 3.78. The third kappa shape index (κ3) is 2.30. The number of amidine groups is 1. The number of nitrogens with one attached hydrogen (secondary N) is 1. The van der Waals surface area contributed by atoms with E-state index in [1.807, 2.05) is 24.3 Å². The summed E-state index contributed by atoms with van der Waals surface area (Å²) in [5, 5.41) is 3.15. The molecule has 2 aliphatic rings. The Balaban J connectivity index is 1.77. The number of benzene rings is 1. The lowest BCUT2D eigenvalue weighted by Crippen LogP contribution is -2.23. The molecule has 0 spiro atoms. The van der Waals surface area contributed by atoms with Gasteiger partial charge in [0.1, 0.15) is 0 Å². The van der Waals surface area contributed by atoms with E-state index in [2.05, 4.69) is 15.3 Å². The zero-order chi connectivity index (χ0) is 16.7. The number of rotatable bonds is 1. The first-order valence-electron chi connectivity index (χ1n) is 7.25. The fourth-order valence-electron chi connectivity index (χ4n) is 2.66. The number of hydrogen-bond acceptors (Lipinski definition) is 5. The van der Waals surface area contributed by atoms with Crippen molar-refractivity contribution in [3.63, 3.8) is 0 Å². The van der Waals surface area contributed by atoms with E-state index in [0.717, 1.165) is 11.3 Å². The zero-order valence-corrected chi connectivity index (χ0v) is 13.5. The topological polar surface area (TPSA) is 74.7 Å². The second kappa shape index (κ2) is 5.61. The van der Waals surface area contributed by atoms with Crippen molar-refractivity contribution in [3.05, 3.63) is 59.3 Å². The van der Waals surface area contributed by atoms with Crippen LogP contribution in [-0.4, -0.2) is 29.0 Å². The summed E-state index contributed by atoms with van der Waals surface area (Å²) >= 11 is 1.17. The minimum absolute atomic E-state index is 0.184. The first kappa shape index (κ1) is 14.6. The number of amides is 2. The molecule has 3 heterocycles. The maximum Gasteiger partial charge on any atom is 0.264 e. The number of likely N-dealkylation sites (N-methyl/N-ethyl adjacent to an activating group) is 1. The first-order chi connectivity index (χ1) is 11.6. The van der Waals surface area contributed by atoms with Gasteiger partial charge in [-0.05, 0) is 30.0 Å². The van der Waals surface area contributed by atoms with Crippen LogP contribution < -0.4 is 10.2 Å². The second-order valence-corrected chi connectivity index (χ2v) is 6.27. The Morgan fingerprint density at radius 1 is 1.17 bits per heavy atom. The highest BCUT2D eigenvalue weighted by Gasteiger charge is 2.37. The largest absolute Gasteiger partial charge is 0.311 e. The summed E-state index contributed by atoms with van der Waals surface area (Å²) in [5.74, 6) is -0.493. The fraction of sp³-hybridized carbons (Fsp3) is 0.0588. The van der Waals surface area contributed by atoms with Crippen molar-refractivity contribution in [1.29, 1.82) is 0 Å². The van der Waals surface area contributed by atoms with Gasteiger partial charge in [-0.1, -0.05) is 18.2 Å². The summed E-state index contributed by atoms with van der Waals surface area (Å²) in [6.45, 7) is 0. The maximum atomic E-state index is 12.6. The monoisotopic (exact) mass is 336 g/mol. The SMILES string of the molecule is CN1C(=O)/C(=C2\SC(=Nc3cccnc3)NC2=O)c2ccccc21. The molecule has 7 heteroatoms. The lowest BCUT2D eigenvalue weighted by atomic mass is 10.1. The molecule has 1 fully saturated rings. The number of carbonyl (C=O) groups is 2. The molecule has 1 aromatic heterocycles. The Morgan fingerprint density at radius 2 is 2.00 bits per heavy atom. The van der Waals surface area contributed by atoms with Crippen molar-refractivity contribution in [3.8, 4) is 0 Å². The van der Waals surface area contributed by atoms with Crippen molar-refractivity contribution in [2.45, 2.75) is 0 Å². The van der Waals surface area contributed by atoms with E-state index < -0.39 is 0 Å². The minimum Gasteiger partial charge on any atom is -0.311 e. The number of aliphatic imine (C=N–C) groups is 1. The molecule has 0 aliphatic carbocycles. The molecule has 24 heavy (non-hydrogen) atoms. The van der Waals surface area contributed by atoms with Crippen LogP contribution in [0.2, 0.25) is 0 Å². The minimum atomic E-state index is -0.309. The van der Waals surface area contributed by atoms with Crippen LogP contribution in [0.3, 0.4) is 0 Å². The van der Waals surface area contributed by atoms with Crippen molar-refractivity contribution in [2.75, 3.05) is 11.9 Å². The lowest BCUT2D eigenvalue weighted by Gasteiger charge is -2.08. The van der Waals surface area contributed by atoms with E-state index >= 15 is 0 Å². The quantitative estimate of drug-likeness (QED) is 0.811. The van der Waals surface area contributed by atoms with Gasteiger partial charge in [0.25, 0.3) is 11.8 Å². The number of aromatic nitrogens is 1. The second-order valence-electron chi connectivity index (χ2n) is 5.27. The molecular weight excluding hydrogens is 324 g/mol. The summed E-state index contributed by atoms with van der Waals surface area (Å²) in [5.41, 5.74) is 2.63. The highest BCUT2D eigenvalue weighted by molar-refractivity contribution is 8.18. The molecular formula is C17H12N4O2S. The van der Waals surface area contributed by atoms with Crippen molar-refractivity contribution >= 4 is 45.7 Å². The van der Waals surface area contributed by atoms with E-state index in [9.17, 15) is 9.59 Å². The lowest BCUT2D eigenvalue weighted by molar-refractivity contribution is -0.116. The molecule has 0 saturated carbocycles. The number of anilines is 1. The normalized spacial score (nSPS) is 21.4. The third-order valence-corrected chi connectivity index (χ3v) is 4.76. The number of para-hydroxylation sites is 1. The Kier molecular flexibility index (Phi) is 3.42. The van der Waals surface area contributed by atoms with Crippen LogP contribution in [0.25, 0.3) is 5.57 Å². The summed E-state index contributed by atoms with van der Waals surface area (Å²) in [7, 11) is 1.71. The van der Waals surface area contributed by atoms with E-state index in [4.69, 9.17) is 0 Å². The smallest absolute Gasteiger partial charge is 0.264 e. The van der Waals surface area contributed by atoms with Gasteiger partial charge in [-0.25, -0.2) is 4.99 Å². The zero-order valence-electron chi connectivity index (χ0n) is 12.7. The van der Waals surface area contributed by atoms with E-state index in [0.29, 0.717) is 21.3 Å². The van der Waals surface area contributed by atoms with Crippen LogP contribution in [0.15, 0.2) is 58.7 Å². The van der Waals surface area contributed by atoms with Gasteiger partial charge < -0.3 is 10.2 Å². The Morgan fingerprint density at radius 3 is 2.79 bits per heavy atom. The molecule has 6 nitrogen and oxygen atoms in total. The molecule has 2 aliphatic heterocycles. The standard InChI is InChI=1S/C17H12N4O2S/c1-21-12-7-3-2-6-11(12)13(16(21)23)14-15(22)20-17(24-14)19-10-5-4-8-18-9-10/h2-9H,1H3,(H,19,20,22)/b14-13-. The van der Waals surface area contributed by atoms with E-state index in [-0.39, 0.29) is 11.8 Å². The number of hydrogen-bond donors (Lipinski definition) is 1. The average molecular weight is 336 g/mol. The Hall–Kier alpha value is -2.93. The molecule has 0 atom stereocenters. The molecule has 1 saturated heterocycles. The van der Waals surface area contributed by atoms with Gasteiger partial charge in [-0.15, -0.1) is 0 Å². The Labute approximate surface area is 142 Å². The van der Waals surface area contributed by atoms with Gasteiger partial charge in [-0.2, -0.15) is 0 Å². The van der Waals surface area contributed by atoms with Crippen LogP contribution in [0.1, 0.15) is 5.56 Å². The molecule has 0 unspecified atom stereocenters. The van der Waals surface area contributed by atoms with E-state index in [1.54, 1.807) is 36.5 Å². The maximum absolute atomic E-state index is 12.6. The van der Waals surface area contributed by atoms with E-state index in [1.165, 1.54) is 11.8 Å². The van der Waals surface area contributed by atoms with Crippen LogP contribution in [0, 0.1) is 0 Å². The molecule has 2 amide bonds. The van der Waals surface area contributed by atoms with Gasteiger partial charge in [-0.3, -0.25) is 14.6 Å². The fourth-order valence-corrected chi connectivity index (χ4v) is 3.60. The van der Waals surface area contributed by atoms with Crippen LogP contribution in [-0.2, 0) is 9.59 Å². The number of pyridine rings is 1. The Bertz CT molecular complexity index is 921. The summed E-state index contributed by atoms with van der Waals surface area (Å²) in [6, 6.07) is 11.0. The predicted molar refractivity (Wildman–Crippen MR) is 93.8 cm³/mol. The van der Waals surface area contributed by atoms with Crippen LogP contribution in [0.5, 0.6) is 0 Å². The first-order valence-corrected chi connectivity index (χ1v) is 8.06. The highest BCUT2D eigenvalue weighted by atomic mass is 32.2. The average Bonchev–Trinajstić information content (AvgIpc) is 3.07. The van der Waals surface area contributed by atoms with Crippen molar-refractivity contribution < 1.29 is 9.59 Å². The van der Waals surface area contributed by atoms with Crippen LogP contribution in [0.4, 0.5) is 11.4 Å². The van der Waals surface area contributed by atoms with Gasteiger partial charge in [0.2, 0.25) is 0 Å². The van der Waals surface area contributed by atoms with Crippen molar-refractivity contribution in [1.82, 2.24) is 10.3 Å². The molecule has 1 N–H and O–H groups in total. The van der Waals surface area contributed by atoms with Gasteiger partial charge in [0.15, 0.2) is 5.17 Å². The van der Waals surface area contributed by atoms with Gasteiger partial charge in [0.05, 0.1) is 28.0 Å². The van der Waals surface area contributed by atoms with Crippen LogP contribution >= 0.6 is 11.8 Å². The summed E-state index contributed by atoms with van der Waals surface area (Å²) in [6.07, 6.45) is 3.26. The highest BCUT2D eigenvalue weighted by Crippen LogP contribution is 2.41. The van der Waals surface area contributed by atoms with Gasteiger partial charge >= 0.3 is 0 Å². The summed E-state index contributed by atoms with van der Waals surface area (Å²) in [4.78, 5) is 35.2. The molecule has 0 radical (unpaired) electrons. The molecule has 0 bridgehead atoms. The summed E-state index contributed by atoms with van der Waals surface area (Å²) < 4.78 is 0. The number of carbonyl (C=O) groups excluding carboxylic acids is 2. The molecule has 4 rings (SSSR count). The number of nitrogens with zero attached hydrogens (tertiary/aromatic N) is 3. The predicted octanol–water partition coefficient (Wildman–Crippen LogP) is 2.32. The number of fused-ring (bicyclic) bond motifs is 1. The number of thioether (sulfide) groups is 1. The van der Waals surface area contributed by atoms with Crippen molar-refractivity contribution in [2.24, 2.45) is 4.99 Å². The van der Waals surface area contributed by atoms with Gasteiger partial charge in [0, 0.05) is 18.8 Å². The molecule has 1 aromatic carbocycles.